The minimum absolute atomic E-state index is 0.215. The molecule has 1 heterocycles. The Morgan fingerprint density at radius 1 is 1.09 bits per heavy atom. The van der Waals surface area contributed by atoms with Gasteiger partial charge in [-0.05, 0) is 42.7 Å². The zero-order valence-corrected chi connectivity index (χ0v) is 14.9. The molecule has 3 aliphatic rings. The van der Waals surface area contributed by atoms with Crippen LogP contribution in [0, 0.1) is 23.2 Å². The van der Waals surface area contributed by atoms with Crippen LogP contribution >= 0.6 is 0 Å². The molecule has 1 fully saturated rings. The summed E-state index contributed by atoms with van der Waals surface area (Å²) in [5.41, 5.74) is 6.82. The van der Waals surface area contributed by atoms with E-state index in [1.54, 1.807) is 11.1 Å². The van der Waals surface area contributed by atoms with E-state index in [1.807, 2.05) is 0 Å². The molecule has 118 valence electrons. The molecule has 0 radical (unpaired) electrons. The van der Waals surface area contributed by atoms with Gasteiger partial charge in [0.1, 0.15) is 0 Å². The Morgan fingerprint density at radius 3 is 2.55 bits per heavy atom. The van der Waals surface area contributed by atoms with Gasteiger partial charge in [0, 0.05) is 22.6 Å². The minimum Gasteiger partial charge on any atom is -0.380 e. The summed E-state index contributed by atoms with van der Waals surface area (Å²) in [4.78, 5) is 0. The highest BCUT2D eigenvalue weighted by atomic mass is 15.0. The summed E-state index contributed by atoms with van der Waals surface area (Å²) in [6, 6.07) is 7.49. The second-order valence-corrected chi connectivity index (χ2v) is 9.31. The van der Waals surface area contributed by atoms with Crippen molar-refractivity contribution in [1.29, 1.82) is 0 Å². The van der Waals surface area contributed by atoms with Crippen LogP contribution in [-0.2, 0) is 0 Å². The van der Waals surface area contributed by atoms with E-state index in [2.05, 4.69) is 71.1 Å². The first-order chi connectivity index (χ1) is 10.2. The molecule has 1 nitrogen and oxygen atoms in total. The van der Waals surface area contributed by atoms with Crippen molar-refractivity contribution in [3.63, 3.8) is 0 Å². The van der Waals surface area contributed by atoms with Crippen LogP contribution in [0.1, 0.15) is 64.5 Å². The Hall–Kier alpha value is -1.24. The van der Waals surface area contributed by atoms with Crippen molar-refractivity contribution in [1.82, 2.24) is 0 Å². The third-order valence-corrected chi connectivity index (χ3v) is 6.83. The summed E-state index contributed by atoms with van der Waals surface area (Å²) in [6.07, 6.45) is 5.22. The zero-order chi connectivity index (χ0) is 15.9. The molecule has 2 aliphatic carbocycles. The Bertz CT molecular complexity index is 679. The number of rotatable bonds is 0. The molecular weight excluding hydrogens is 266 g/mol. The second kappa shape index (κ2) is 3.99. The van der Waals surface area contributed by atoms with Gasteiger partial charge in [0.25, 0.3) is 0 Å². The lowest BCUT2D eigenvalue weighted by Gasteiger charge is -2.56. The van der Waals surface area contributed by atoms with Crippen LogP contribution in [0.4, 0.5) is 5.69 Å². The Labute approximate surface area is 135 Å². The van der Waals surface area contributed by atoms with Gasteiger partial charge in [-0.1, -0.05) is 64.0 Å². The number of aryl methyl sites for hydroxylation is 1. The summed E-state index contributed by atoms with van der Waals surface area (Å²) in [6.45, 7) is 14.5. The molecule has 0 aromatic heterocycles. The first-order valence-electron chi connectivity index (χ1n) is 8.77. The maximum absolute atomic E-state index is 3.93. The van der Waals surface area contributed by atoms with E-state index in [-0.39, 0.29) is 10.8 Å². The van der Waals surface area contributed by atoms with E-state index < -0.39 is 0 Å². The molecule has 0 unspecified atom stereocenters. The lowest BCUT2D eigenvalue weighted by Crippen LogP contribution is -2.53. The van der Waals surface area contributed by atoms with Crippen molar-refractivity contribution in [2.45, 2.75) is 66.3 Å². The minimum atomic E-state index is 0.215. The molecule has 4 rings (SSSR count). The molecular formula is C21H29N. The Balaban J connectivity index is 1.96. The summed E-state index contributed by atoms with van der Waals surface area (Å²) < 4.78 is 0. The third-order valence-electron chi connectivity index (χ3n) is 6.83. The molecule has 1 heteroatoms. The molecule has 1 N–H and O–H groups in total. The van der Waals surface area contributed by atoms with Gasteiger partial charge >= 0.3 is 0 Å². The maximum Gasteiger partial charge on any atom is 0.0443 e. The third kappa shape index (κ3) is 1.60. The van der Waals surface area contributed by atoms with Crippen LogP contribution in [0.25, 0.3) is 0 Å². The molecule has 22 heavy (non-hydrogen) atoms. The van der Waals surface area contributed by atoms with Gasteiger partial charge in [0.15, 0.2) is 0 Å². The van der Waals surface area contributed by atoms with Crippen LogP contribution in [0.15, 0.2) is 29.8 Å². The molecule has 1 saturated carbocycles. The van der Waals surface area contributed by atoms with E-state index in [9.17, 15) is 0 Å². The van der Waals surface area contributed by atoms with E-state index in [4.69, 9.17) is 0 Å². The summed E-state index contributed by atoms with van der Waals surface area (Å²) in [5.74, 6) is 0.662. The topological polar surface area (TPSA) is 12.0 Å². The number of fused-ring (bicyclic) bond motifs is 2. The van der Waals surface area contributed by atoms with Gasteiger partial charge in [-0.15, -0.1) is 0 Å². The van der Waals surface area contributed by atoms with E-state index in [1.165, 1.54) is 24.1 Å². The van der Waals surface area contributed by atoms with Gasteiger partial charge in [-0.3, -0.25) is 0 Å². The predicted octanol–water partition coefficient (Wildman–Crippen LogP) is 5.67. The SMILES string of the molecule is Cc1ccc2c(c1)[C@@H]1CCC(C)(C)C3=CC(C)(C)[C@@H](N2)[C@@]31C. The van der Waals surface area contributed by atoms with Crippen molar-refractivity contribution in [3.8, 4) is 0 Å². The van der Waals surface area contributed by atoms with Crippen LogP contribution < -0.4 is 5.32 Å². The number of hydrogen-bond donors (Lipinski definition) is 1. The Morgan fingerprint density at radius 2 is 1.82 bits per heavy atom. The highest BCUT2D eigenvalue weighted by Crippen LogP contribution is 2.68. The molecule has 1 aromatic rings. The Kier molecular flexibility index (Phi) is 2.60. The van der Waals surface area contributed by atoms with Crippen molar-refractivity contribution < 1.29 is 0 Å². The molecule has 0 amide bonds. The first-order valence-corrected chi connectivity index (χ1v) is 8.77. The summed E-state index contributed by atoms with van der Waals surface area (Å²) >= 11 is 0. The van der Waals surface area contributed by atoms with Crippen molar-refractivity contribution >= 4 is 5.69 Å². The quantitative estimate of drug-likeness (QED) is 0.608. The van der Waals surface area contributed by atoms with Crippen molar-refractivity contribution in [2.24, 2.45) is 16.2 Å². The average molecular weight is 295 g/mol. The van der Waals surface area contributed by atoms with Crippen LogP contribution in [0.5, 0.6) is 0 Å². The van der Waals surface area contributed by atoms with Gasteiger partial charge in [0.05, 0.1) is 0 Å². The van der Waals surface area contributed by atoms with E-state index in [0.717, 1.165) is 0 Å². The number of benzene rings is 1. The average Bonchev–Trinajstić information content (AvgIpc) is 2.63. The fourth-order valence-corrected chi connectivity index (χ4v) is 5.86. The lowest BCUT2D eigenvalue weighted by atomic mass is 9.52. The van der Waals surface area contributed by atoms with Gasteiger partial charge in [0.2, 0.25) is 0 Å². The van der Waals surface area contributed by atoms with E-state index >= 15 is 0 Å². The molecule has 0 saturated heterocycles. The zero-order valence-electron chi connectivity index (χ0n) is 14.9. The lowest BCUT2D eigenvalue weighted by molar-refractivity contribution is 0.126. The number of anilines is 1. The fourth-order valence-electron chi connectivity index (χ4n) is 5.86. The highest BCUT2D eigenvalue weighted by Gasteiger charge is 2.61. The molecule has 0 spiro atoms. The molecule has 3 atom stereocenters. The maximum atomic E-state index is 3.93. The van der Waals surface area contributed by atoms with Crippen molar-refractivity contribution in [2.75, 3.05) is 5.32 Å². The monoisotopic (exact) mass is 295 g/mol. The van der Waals surface area contributed by atoms with Crippen molar-refractivity contribution in [3.05, 3.63) is 41.0 Å². The molecule has 1 aromatic carbocycles. The van der Waals surface area contributed by atoms with Gasteiger partial charge < -0.3 is 5.32 Å². The van der Waals surface area contributed by atoms with Crippen LogP contribution in [-0.4, -0.2) is 6.04 Å². The van der Waals surface area contributed by atoms with Crippen LogP contribution in [0.2, 0.25) is 0 Å². The van der Waals surface area contributed by atoms with Gasteiger partial charge in [-0.25, -0.2) is 0 Å². The number of hydrogen-bond acceptors (Lipinski definition) is 1. The smallest absolute Gasteiger partial charge is 0.0443 e. The largest absolute Gasteiger partial charge is 0.380 e. The fraction of sp³-hybridized carbons (Fsp3) is 0.619. The van der Waals surface area contributed by atoms with Crippen LogP contribution in [0.3, 0.4) is 0 Å². The normalized spacial score (nSPS) is 36.9. The molecule has 1 aliphatic heterocycles. The standard InChI is InChI=1S/C21H29N/c1-13-7-8-16-14(11-13)15-9-10-19(2,3)17-12-20(4,5)18(22-16)21(15,17)6/h7-8,11-12,15,18,22H,9-10H2,1-6H3/t15-,18+,21+/m0/s1. The van der Waals surface area contributed by atoms with Gasteiger partial charge in [-0.2, -0.15) is 0 Å². The summed E-state index contributed by atoms with van der Waals surface area (Å²) in [5, 5.41) is 3.93. The first kappa shape index (κ1) is 14.4. The molecule has 0 bridgehead atoms. The predicted molar refractivity (Wildman–Crippen MR) is 94.3 cm³/mol. The number of nitrogens with one attached hydrogen (secondary N) is 1. The summed E-state index contributed by atoms with van der Waals surface area (Å²) in [7, 11) is 0. The second-order valence-electron chi connectivity index (χ2n) is 9.31. The highest BCUT2D eigenvalue weighted by molar-refractivity contribution is 5.63. The van der Waals surface area contributed by atoms with E-state index in [0.29, 0.717) is 17.4 Å².